The molecule has 0 rings (SSSR count). The van der Waals surface area contributed by atoms with Crippen molar-refractivity contribution in [3.05, 3.63) is 0 Å². The average Bonchev–Trinajstić information content (AvgIpc) is 2.14. The third-order valence-electron chi connectivity index (χ3n) is 2.05. The standard InChI is InChI=1S/C12H28N2O2/c1-11(2)10-16-7-5-6-13-8-12(15)9-14(3)4/h11-13,15H,5-10H2,1-4H3. The molecule has 0 fully saturated rings. The topological polar surface area (TPSA) is 44.7 Å². The largest absolute Gasteiger partial charge is 0.390 e. The summed E-state index contributed by atoms with van der Waals surface area (Å²) in [5.74, 6) is 0.606. The highest BCUT2D eigenvalue weighted by Gasteiger charge is 2.03. The number of nitrogens with one attached hydrogen (secondary N) is 1. The highest BCUT2D eigenvalue weighted by molar-refractivity contribution is 4.61. The first kappa shape index (κ1) is 15.8. The third-order valence-corrected chi connectivity index (χ3v) is 2.05. The van der Waals surface area contributed by atoms with Crippen LogP contribution in [0.3, 0.4) is 0 Å². The van der Waals surface area contributed by atoms with Crippen LogP contribution in [0.1, 0.15) is 20.3 Å². The summed E-state index contributed by atoms with van der Waals surface area (Å²) in [7, 11) is 3.92. The minimum Gasteiger partial charge on any atom is -0.390 e. The molecule has 4 heteroatoms. The summed E-state index contributed by atoms with van der Waals surface area (Å²) in [6, 6.07) is 0. The molecule has 0 bridgehead atoms. The van der Waals surface area contributed by atoms with E-state index in [1.54, 1.807) is 0 Å². The van der Waals surface area contributed by atoms with E-state index in [2.05, 4.69) is 19.2 Å². The first-order valence-corrected chi connectivity index (χ1v) is 6.13. The Morgan fingerprint density at radius 3 is 2.56 bits per heavy atom. The van der Waals surface area contributed by atoms with Crippen molar-refractivity contribution in [1.82, 2.24) is 10.2 Å². The maximum absolute atomic E-state index is 9.56. The zero-order chi connectivity index (χ0) is 12.4. The molecule has 16 heavy (non-hydrogen) atoms. The van der Waals surface area contributed by atoms with Crippen molar-refractivity contribution < 1.29 is 9.84 Å². The van der Waals surface area contributed by atoms with Gasteiger partial charge in [0.05, 0.1) is 6.10 Å². The van der Waals surface area contributed by atoms with E-state index in [0.717, 1.165) is 26.2 Å². The quantitative estimate of drug-likeness (QED) is 0.540. The molecule has 1 unspecified atom stereocenters. The third kappa shape index (κ3) is 11.9. The second kappa shape index (κ2) is 10.0. The van der Waals surface area contributed by atoms with Crippen LogP contribution >= 0.6 is 0 Å². The van der Waals surface area contributed by atoms with Gasteiger partial charge in [-0.15, -0.1) is 0 Å². The monoisotopic (exact) mass is 232 g/mol. The molecule has 0 spiro atoms. The van der Waals surface area contributed by atoms with E-state index >= 15 is 0 Å². The van der Waals surface area contributed by atoms with Crippen LogP contribution < -0.4 is 5.32 Å². The molecule has 0 radical (unpaired) electrons. The normalized spacial score (nSPS) is 13.7. The van der Waals surface area contributed by atoms with Crippen molar-refractivity contribution >= 4 is 0 Å². The Labute approximate surface area is 100.0 Å². The number of aliphatic hydroxyl groups excluding tert-OH is 1. The van der Waals surface area contributed by atoms with Gasteiger partial charge in [0, 0.05) is 26.3 Å². The molecule has 0 aliphatic rings. The average molecular weight is 232 g/mol. The molecule has 0 saturated carbocycles. The van der Waals surface area contributed by atoms with E-state index in [-0.39, 0.29) is 6.10 Å². The van der Waals surface area contributed by atoms with Crippen LogP contribution in [-0.2, 0) is 4.74 Å². The highest BCUT2D eigenvalue weighted by atomic mass is 16.5. The van der Waals surface area contributed by atoms with Gasteiger partial charge < -0.3 is 20.1 Å². The van der Waals surface area contributed by atoms with Gasteiger partial charge in [-0.1, -0.05) is 13.8 Å². The lowest BCUT2D eigenvalue weighted by Crippen LogP contribution is -2.35. The van der Waals surface area contributed by atoms with Crippen molar-refractivity contribution in [2.45, 2.75) is 26.4 Å². The molecule has 0 saturated heterocycles. The van der Waals surface area contributed by atoms with Crippen LogP contribution in [-0.4, -0.2) is 63.1 Å². The Bertz CT molecular complexity index is 152. The minimum absolute atomic E-state index is 0.286. The van der Waals surface area contributed by atoms with Gasteiger partial charge in [-0.3, -0.25) is 0 Å². The smallest absolute Gasteiger partial charge is 0.0791 e. The van der Waals surface area contributed by atoms with Gasteiger partial charge in [0.15, 0.2) is 0 Å². The van der Waals surface area contributed by atoms with Gasteiger partial charge in [0.2, 0.25) is 0 Å². The molecule has 0 heterocycles. The Kier molecular flexibility index (Phi) is 9.92. The fourth-order valence-corrected chi connectivity index (χ4v) is 1.37. The van der Waals surface area contributed by atoms with Gasteiger partial charge in [0.25, 0.3) is 0 Å². The molecule has 4 nitrogen and oxygen atoms in total. The minimum atomic E-state index is -0.286. The maximum atomic E-state index is 9.56. The Hall–Kier alpha value is -0.160. The maximum Gasteiger partial charge on any atom is 0.0791 e. The first-order valence-electron chi connectivity index (χ1n) is 6.13. The summed E-state index contributed by atoms with van der Waals surface area (Å²) in [5, 5.41) is 12.8. The zero-order valence-corrected chi connectivity index (χ0v) is 11.2. The fourth-order valence-electron chi connectivity index (χ4n) is 1.37. The SMILES string of the molecule is CC(C)COCCCNCC(O)CN(C)C. The predicted octanol–water partition coefficient (Wildman–Crippen LogP) is 0.561. The van der Waals surface area contributed by atoms with Crippen molar-refractivity contribution in [2.75, 3.05) is 46.9 Å². The van der Waals surface area contributed by atoms with E-state index in [0.29, 0.717) is 19.0 Å². The van der Waals surface area contributed by atoms with Crippen molar-refractivity contribution in [1.29, 1.82) is 0 Å². The van der Waals surface area contributed by atoms with E-state index in [4.69, 9.17) is 4.74 Å². The molecule has 0 aliphatic heterocycles. The lowest BCUT2D eigenvalue weighted by Gasteiger charge is -2.16. The number of hydrogen-bond donors (Lipinski definition) is 2. The van der Waals surface area contributed by atoms with Crippen LogP contribution in [0, 0.1) is 5.92 Å². The first-order chi connectivity index (χ1) is 7.52. The van der Waals surface area contributed by atoms with E-state index in [1.165, 1.54) is 0 Å². The van der Waals surface area contributed by atoms with Gasteiger partial charge >= 0.3 is 0 Å². The van der Waals surface area contributed by atoms with Gasteiger partial charge in [0.1, 0.15) is 0 Å². The number of ether oxygens (including phenoxy) is 1. The molecule has 2 N–H and O–H groups in total. The van der Waals surface area contributed by atoms with Gasteiger partial charge in [-0.2, -0.15) is 0 Å². The van der Waals surface area contributed by atoms with E-state index in [1.807, 2.05) is 19.0 Å². The molecule has 0 aromatic rings. The second-order valence-corrected chi connectivity index (χ2v) is 4.94. The molecule has 1 atom stereocenters. The molecular formula is C12H28N2O2. The second-order valence-electron chi connectivity index (χ2n) is 4.94. The molecule has 0 aliphatic carbocycles. The number of hydrogen-bond acceptors (Lipinski definition) is 4. The summed E-state index contributed by atoms with van der Waals surface area (Å²) >= 11 is 0. The number of likely N-dealkylation sites (N-methyl/N-ethyl adjacent to an activating group) is 1. The molecule has 98 valence electrons. The van der Waals surface area contributed by atoms with E-state index < -0.39 is 0 Å². The summed E-state index contributed by atoms with van der Waals surface area (Å²) in [6.45, 7) is 8.20. The fraction of sp³-hybridized carbons (Fsp3) is 1.00. The summed E-state index contributed by atoms with van der Waals surface area (Å²) in [5.41, 5.74) is 0. The van der Waals surface area contributed by atoms with E-state index in [9.17, 15) is 5.11 Å². The van der Waals surface area contributed by atoms with Crippen molar-refractivity contribution in [2.24, 2.45) is 5.92 Å². The number of rotatable bonds is 10. The van der Waals surface area contributed by atoms with Crippen molar-refractivity contribution in [3.63, 3.8) is 0 Å². The Balaban J connectivity index is 3.14. The highest BCUT2D eigenvalue weighted by Crippen LogP contribution is 1.93. The molecule has 0 amide bonds. The summed E-state index contributed by atoms with van der Waals surface area (Å²) in [4.78, 5) is 1.98. The van der Waals surface area contributed by atoms with Crippen LogP contribution in [0.4, 0.5) is 0 Å². The summed E-state index contributed by atoms with van der Waals surface area (Å²) < 4.78 is 5.46. The van der Waals surface area contributed by atoms with Crippen LogP contribution in [0.5, 0.6) is 0 Å². The van der Waals surface area contributed by atoms with Gasteiger partial charge in [-0.05, 0) is 33.0 Å². The lowest BCUT2D eigenvalue weighted by molar-refractivity contribution is 0.105. The molecule has 0 aromatic carbocycles. The van der Waals surface area contributed by atoms with Crippen molar-refractivity contribution in [3.8, 4) is 0 Å². The van der Waals surface area contributed by atoms with Gasteiger partial charge in [-0.25, -0.2) is 0 Å². The summed E-state index contributed by atoms with van der Waals surface area (Å²) in [6.07, 6.45) is 0.716. The predicted molar refractivity (Wildman–Crippen MR) is 67.7 cm³/mol. The Morgan fingerprint density at radius 2 is 2.00 bits per heavy atom. The van der Waals surface area contributed by atoms with Crippen LogP contribution in [0.25, 0.3) is 0 Å². The lowest BCUT2D eigenvalue weighted by atomic mass is 10.2. The molecule has 0 aromatic heterocycles. The molecular weight excluding hydrogens is 204 g/mol. The number of aliphatic hydroxyl groups is 1. The van der Waals surface area contributed by atoms with Crippen LogP contribution in [0.2, 0.25) is 0 Å². The Morgan fingerprint density at radius 1 is 1.31 bits per heavy atom. The van der Waals surface area contributed by atoms with Crippen LogP contribution in [0.15, 0.2) is 0 Å². The number of nitrogens with zero attached hydrogens (tertiary/aromatic N) is 1. The zero-order valence-electron chi connectivity index (χ0n) is 11.2.